The van der Waals surface area contributed by atoms with Gasteiger partial charge in [0.1, 0.15) is 0 Å². The summed E-state index contributed by atoms with van der Waals surface area (Å²) in [5, 5.41) is 6.12. The highest BCUT2D eigenvalue weighted by Gasteiger charge is 2.13. The first kappa shape index (κ1) is 15.4. The monoisotopic (exact) mass is 256 g/mol. The Morgan fingerprint density at radius 3 is 2.61 bits per heavy atom. The molecule has 4 nitrogen and oxygen atoms in total. The van der Waals surface area contributed by atoms with Gasteiger partial charge >= 0.3 is 0 Å². The second-order valence-electron chi connectivity index (χ2n) is 5.34. The maximum atomic E-state index is 11.5. The molecule has 1 amide bonds. The molecule has 0 radical (unpaired) electrons. The van der Waals surface area contributed by atoms with E-state index < -0.39 is 0 Å². The summed E-state index contributed by atoms with van der Waals surface area (Å²) in [5.74, 6) is 0.107. The Bertz CT molecular complexity index is 226. The van der Waals surface area contributed by atoms with Crippen molar-refractivity contribution in [1.82, 2.24) is 10.6 Å². The molecule has 1 rings (SSSR count). The van der Waals surface area contributed by atoms with Crippen LogP contribution in [-0.2, 0) is 9.53 Å². The third kappa shape index (κ3) is 7.67. The van der Waals surface area contributed by atoms with Gasteiger partial charge in [0.25, 0.3) is 0 Å². The van der Waals surface area contributed by atoms with Gasteiger partial charge in [-0.2, -0.15) is 0 Å². The Labute approximate surface area is 111 Å². The van der Waals surface area contributed by atoms with Crippen molar-refractivity contribution in [2.45, 2.75) is 64.5 Å². The SMILES string of the molecule is CC(C)NCCC(=O)NCCOC1CCCCC1. The van der Waals surface area contributed by atoms with Crippen molar-refractivity contribution < 1.29 is 9.53 Å². The van der Waals surface area contributed by atoms with Gasteiger partial charge in [-0.15, -0.1) is 0 Å². The predicted molar refractivity (Wildman–Crippen MR) is 73.6 cm³/mol. The number of nitrogens with one attached hydrogen (secondary N) is 2. The van der Waals surface area contributed by atoms with Crippen molar-refractivity contribution in [2.75, 3.05) is 19.7 Å². The van der Waals surface area contributed by atoms with Crippen molar-refractivity contribution in [3.63, 3.8) is 0 Å². The van der Waals surface area contributed by atoms with Crippen LogP contribution in [0.4, 0.5) is 0 Å². The number of hydrogen-bond donors (Lipinski definition) is 2. The molecule has 0 aliphatic heterocycles. The summed E-state index contributed by atoms with van der Waals surface area (Å²) in [5.41, 5.74) is 0. The molecule has 0 aromatic rings. The Kier molecular flexibility index (Phi) is 8.01. The minimum atomic E-state index is 0.107. The molecule has 0 aromatic heterocycles. The van der Waals surface area contributed by atoms with Gasteiger partial charge in [0.05, 0.1) is 12.7 Å². The second-order valence-corrected chi connectivity index (χ2v) is 5.34. The van der Waals surface area contributed by atoms with Gasteiger partial charge in [-0.3, -0.25) is 4.79 Å². The first-order valence-corrected chi connectivity index (χ1v) is 7.30. The fourth-order valence-corrected chi connectivity index (χ4v) is 2.21. The maximum Gasteiger partial charge on any atom is 0.221 e. The first-order valence-electron chi connectivity index (χ1n) is 7.30. The lowest BCUT2D eigenvalue weighted by atomic mass is 9.98. The molecule has 1 aliphatic carbocycles. The molecular weight excluding hydrogens is 228 g/mol. The van der Waals surface area contributed by atoms with Crippen LogP contribution >= 0.6 is 0 Å². The van der Waals surface area contributed by atoms with Crippen molar-refractivity contribution in [3.05, 3.63) is 0 Å². The third-order valence-corrected chi connectivity index (χ3v) is 3.23. The lowest BCUT2D eigenvalue weighted by Crippen LogP contribution is -2.33. The normalized spacial score (nSPS) is 17.1. The number of ether oxygens (including phenoxy) is 1. The van der Waals surface area contributed by atoms with Crippen LogP contribution in [0.25, 0.3) is 0 Å². The van der Waals surface area contributed by atoms with E-state index in [9.17, 15) is 4.79 Å². The fourth-order valence-electron chi connectivity index (χ4n) is 2.21. The highest BCUT2D eigenvalue weighted by molar-refractivity contribution is 5.76. The van der Waals surface area contributed by atoms with Crippen molar-refractivity contribution in [1.29, 1.82) is 0 Å². The topological polar surface area (TPSA) is 50.4 Å². The summed E-state index contributed by atoms with van der Waals surface area (Å²) in [6.45, 7) is 6.18. The largest absolute Gasteiger partial charge is 0.376 e. The quantitative estimate of drug-likeness (QED) is 0.652. The number of rotatable bonds is 8. The molecule has 106 valence electrons. The van der Waals surface area contributed by atoms with Gasteiger partial charge < -0.3 is 15.4 Å². The van der Waals surface area contributed by atoms with Crippen molar-refractivity contribution in [2.24, 2.45) is 0 Å². The summed E-state index contributed by atoms with van der Waals surface area (Å²) in [7, 11) is 0. The van der Waals surface area contributed by atoms with E-state index in [4.69, 9.17) is 4.74 Å². The molecule has 1 fully saturated rings. The molecule has 1 saturated carbocycles. The summed E-state index contributed by atoms with van der Waals surface area (Å²) in [6, 6.07) is 0.437. The van der Waals surface area contributed by atoms with Gasteiger partial charge in [0, 0.05) is 25.6 Å². The molecule has 2 N–H and O–H groups in total. The van der Waals surface area contributed by atoms with Gasteiger partial charge in [-0.1, -0.05) is 33.1 Å². The number of carbonyl (C=O) groups excluding carboxylic acids is 1. The zero-order valence-corrected chi connectivity index (χ0v) is 11.8. The highest BCUT2D eigenvalue weighted by Crippen LogP contribution is 2.19. The van der Waals surface area contributed by atoms with E-state index in [0.717, 1.165) is 6.54 Å². The standard InChI is InChI=1S/C14H28N2O2/c1-12(2)15-9-8-14(17)16-10-11-18-13-6-4-3-5-7-13/h12-13,15H,3-11H2,1-2H3,(H,16,17). The van der Waals surface area contributed by atoms with Gasteiger partial charge in [-0.25, -0.2) is 0 Å². The molecule has 4 heteroatoms. The van der Waals surface area contributed by atoms with E-state index >= 15 is 0 Å². The van der Waals surface area contributed by atoms with Crippen molar-refractivity contribution in [3.8, 4) is 0 Å². The Hall–Kier alpha value is -0.610. The first-order chi connectivity index (χ1) is 8.68. The predicted octanol–water partition coefficient (Wildman–Crippen LogP) is 1.84. The summed E-state index contributed by atoms with van der Waals surface area (Å²) in [6.07, 6.45) is 7.27. The van der Waals surface area contributed by atoms with Crippen molar-refractivity contribution >= 4 is 5.91 Å². The smallest absolute Gasteiger partial charge is 0.221 e. The van der Waals surface area contributed by atoms with Gasteiger partial charge in [0.15, 0.2) is 0 Å². The fraction of sp³-hybridized carbons (Fsp3) is 0.929. The summed E-state index contributed by atoms with van der Waals surface area (Å²) < 4.78 is 5.75. The lowest BCUT2D eigenvalue weighted by molar-refractivity contribution is -0.121. The molecule has 0 aromatic carbocycles. The third-order valence-electron chi connectivity index (χ3n) is 3.23. The Morgan fingerprint density at radius 1 is 1.22 bits per heavy atom. The molecule has 0 atom stereocenters. The average molecular weight is 256 g/mol. The van der Waals surface area contributed by atoms with Crippen LogP contribution < -0.4 is 10.6 Å². The highest BCUT2D eigenvalue weighted by atomic mass is 16.5. The average Bonchev–Trinajstić information content (AvgIpc) is 2.35. The number of hydrogen-bond acceptors (Lipinski definition) is 3. The Morgan fingerprint density at radius 2 is 1.94 bits per heavy atom. The van der Waals surface area contributed by atoms with Gasteiger partial charge in [-0.05, 0) is 12.8 Å². The molecule has 0 bridgehead atoms. The maximum absolute atomic E-state index is 11.5. The zero-order chi connectivity index (χ0) is 13.2. The number of amides is 1. The molecule has 1 aliphatic rings. The Balaban J connectivity index is 1.91. The van der Waals surface area contributed by atoms with E-state index in [1.165, 1.54) is 32.1 Å². The molecule has 18 heavy (non-hydrogen) atoms. The van der Waals surface area contributed by atoms with Gasteiger partial charge in [0.2, 0.25) is 5.91 Å². The lowest BCUT2D eigenvalue weighted by Gasteiger charge is -2.22. The van der Waals surface area contributed by atoms with Crippen LogP contribution in [0.15, 0.2) is 0 Å². The van der Waals surface area contributed by atoms with Crippen LogP contribution in [0.1, 0.15) is 52.4 Å². The van der Waals surface area contributed by atoms with E-state index in [1.54, 1.807) is 0 Å². The van der Waals surface area contributed by atoms with E-state index in [0.29, 0.717) is 31.7 Å². The molecule has 0 spiro atoms. The van der Waals surface area contributed by atoms with E-state index in [1.807, 2.05) is 0 Å². The van der Waals surface area contributed by atoms with Crippen LogP contribution in [0.3, 0.4) is 0 Å². The second kappa shape index (κ2) is 9.34. The van der Waals surface area contributed by atoms with Crippen LogP contribution in [0.5, 0.6) is 0 Å². The van der Waals surface area contributed by atoms with E-state index in [-0.39, 0.29) is 5.91 Å². The number of carbonyl (C=O) groups is 1. The van der Waals surface area contributed by atoms with E-state index in [2.05, 4.69) is 24.5 Å². The zero-order valence-electron chi connectivity index (χ0n) is 11.8. The van der Waals surface area contributed by atoms with Crippen LogP contribution in [-0.4, -0.2) is 37.7 Å². The molecule has 0 unspecified atom stereocenters. The summed E-state index contributed by atoms with van der Waals surface area (Å²) >= 11 is 0. The minimum Gasteiger partial charge on any atom is -0.376 e. The summed E-state index contributed by atoms with van der Waals surface area (Å²) in [4.78, 5) is 11.5. The van der Waals surface area contributed by atoms with Crippen LogP contribution in [0.2, 0.25) is 0 Å². The van der Waals surface area contributed by atoms with Crippen LogP contribution in [0, 0.1) is 0 Å². The molecular formula is C14H28N2O2. The molecule has 0 heterocycles. The minimum absolute atomic E-state index is 0.107. The molecule has 0 saturated heterocycles.